The van der Waals surface area contributed by atoms with Crippen molar-refractivity contribution in [1.29, 1.82) is 0 Å². The van der Waals surface area contributed by atoms with Crippen LogP contribution in [0, 0.1) is 0 Å². The van der Waals surface area contributed by atoms with Crippen LogP contribution in [0.1, 0.15) is 53.5 Å². The van der Waals surface area contributed by atoms with Crippen LogP contribution in [0.15, 0.2) is 30.7 Å². The molecule has 0 aromatic carbocycles. The summed E-state index contributed by atoms with van der Waals surface area (Å²) in [5.74, 6) is 0.387. The predicted molar refractivity (Wildman–Crippen MR) is 92.8 cm³/mol. The summed E-state index contributed by atoms with van der Waals surface area (Å²) in [5, 5.41) is 4.32. The third kappa shape index (κ3) is 2.74. The van der Waals surface area contributed by atoms with Gasteiger partial charge in [-0.2, -0.15) is 0 Å². The molecular formula is C17H20N6S. The molecule has 24 heavy (non-hydrogen) atoms. The second-order valence-corrected chi connectivity index (χ2v) is 7.22. The summed E-state index contributed by atoms with van der Waals surface area (Å²) in [7, 11) is 0. The Kier molecular flexibility index (Phi) is 4.12. The van der Waals surface area contributed by atoms with Gasteiger partial charge in [-0.3, -0.25) is 9.88 Å². The second kappa shape index (κ2) is 6.41. The number of nitrogens with zero attached hydrogens (tertiary/aromatic N) is 5. The van der Waals surface area contributed by atoms with Crippen LogP contribution in [-0.2, 0) is 13.0 Å². The van der Waals surface area contributed by atoms with Gasteiger partial charge in [0.25, 0.3) is 0 Å². The van der Waals surface area contributed by atoms with Crippen LogP contribution in [0.25, 0.3) is 0 Å². The number of hydrogen-bond acceptors (Lipinski definition) is 6. The van der Waals surface area contributed by atoms with Gasteiger partial charge in [-0.05, 0) is 29.6 Å². The molecule has 1 aliphatic rings. The van der Waals surface area contributed by atoms with Gasteiger partial charge in [0.1, 0.15) is 0 Å². The van der Waals surface area contributed by atoms with Crippen molar-refractivity contribution in [2.75, 3.05) is 6.54 Å². The molecule has 1 atom stereocenters. The maximum Gasteiger partial charge on any atom is 0.0971 e. The van der Waals surface area contributed by atoms with Crippen molar-refractivity contribution in [1.82, 2.24) is 29.4 Å². The lowest BCUT2D eigenvalue weighted by Crippen LogP contribution is -2.36. The molecule has 0 saturated carbocycles. The van der Waals surface area contributed by atoms with Gasteiger partial charge in [0.15, 0.2) is 0 Å². The van der Waals surface area contributed by atoms with E-state index in [9.17, 15) is 0 Å². The molecule has 0 fully saturated rings. The molecule has 1 aliphatic heterocycles. The van der Waals surface area contributed by atoms with Crippen molar-refractivity contribution >= 4 is 11.5 Å². The van der Waals surface area contributed by atoms with Gasteiger partial charge in [0.2, 0.25) is 0 Å². The number of imidazole rings is 1. The first kappa shape index (κ1) is 15.4. The lowest BCUT2D eigenvalue weighted by atomic mass is 9.98. The molecule has 124 valence electrons. The van der Waals surface area contributed by atoms with Gasteiger partial charge in [-0.1, -0.05) is 24.4 Å². The minimum atomic E-state index is 0.0725. The number of aromatic amines is 1. The van der Waals surface area contributed by atoms with E-state index < -0.39 is 0 Å². The van der Waals surface area contributed by atoms with E-state index in [4.69, 9.17) is 0 Å². The Balaban J connectivity index is 1.70. The zero-order valence-corrected chi connectivity index (χ0v) is 14.6. The van der Waals surface area contributed by atoms with E-state index in [1.54, 1.807) is 6.33 Å². The molecule has 6 nitrogen and oxygen atoms in total. The summed E-state index contributed by atoms with van der Waals surface area (Å²) in [4.78, 5) is 16.1. The SMILES string of the molecule is CC(C)c1nnsc1CN1CCc2[nH]cnc2C1c1ccccn1. The van der Waals surface area contributed by atoms with Crippen LogP contribution < -0.4 is 0 Å². The van der Waals surface area contributed by atoms with Crippen molar-refractivity contribution in [2.45, 2.75) is 38.8 Å². The van der Waals surface area contributed by atoms with Crippen molar-refractivity contribution in [3.8, 4) is 0 Å². The minimum Gasteiger partial charge on any atom is -0.348 e. The van der Waals surface area contributed by atoms with Crippen molar-refractivity contribution in [3.63, 3.8) is 0 Å². The normalized spacial score (nSPS) is 18.0. The summed E-state index contributed by atoms with van der Waals surface area (Å²) >= 11 is 1.50. The molecule has 1 N–H and O–H groups in total. The maximum atomic E-state index is 4.59. The average molecular weight is 340 g/mol. The first-order chi connectivity index (χ1) is 11.7. The summed E-state index contributed by atoms with van der Waals surface area (Å²) in [6, 6.07) is 6.14. The summed E-state index contributed by atoms with van der Waals surface area (Å²) in [6.45, 7) is 6.13. The monoisotopic (exact) mass is 340 g/mol. The van der Waals surface area contributed by atoms with Crippen molar-refractivity contribution < 1.29 is 0 Å². The van der Waals surface area contributed by atoms with Crippen LogP contribution in [0.2, 0.25) is 0 Å². The number of H-pyrrole nitrogens is 1. The van der Waals surface area contributed by atoms with E-state index in [-0.39, 0.29) is 6.04 Å². The first-order valence-electron chi connectivity index (χ1n) is 8.22. The summed E-state index contributed by atoms with van der Waals surface area (Å²) < 4.78 is 4.17. The molecule has 1 unspecified atom stereocenters. The fourth-order valence-corrected chi connectivity index (χ4v) is 4.13. The molecule has 0 spiro atoms. The third-order valence-corrected chi connectivity index (χ3v) is 5.19. The number of pyridine rings is 1. The van der Waals surface area contributed by atoms with Crippen molar-refractivity contribution in [3.05, 3.63) is 58.4 Å². The minimum absolute atomic E-state index is 0.0725. The standard InChI is InChI=1S/C17H20N6S/c1-11(2)15-14(24-22-21-15)9-23-8-6-12-16(20-10-19-12)17(23)13-5-3-4-7-18-13/h3-5,7,10-11,17H,6,8-9H2,1-2H3,(H,19,20). The highest BCUT2D eigenvalue weighted by Crippen LogP contribution is 2.34. The van der Waals surface area contributed by atoms with Crippen LogP contribution in [0.3, 0.4) is 0 Å². The Hall–Kier alpha value is -2.12. The molecule has 0 amide bonds. The number of aromatic nitrogens is 5. The fraction of sp³-hybridized carbons (Fsp3) is 0.412. The van der Waals surface area contributed by atoms with Gasteiger partial charge in [-0.25, -0.2) is 4.98 Å². The summed E-state index contributed by atoms with van der Waals surface area (Å²) in [6.07, 6.45) is 4.61. The van der Waals surface area contributed by atoms with Crippen LogP contribution in [0.4, 0.5) is 0 Å². The smallest absolute Gasteiger partial charge is 0.0971 e. The number of fused-ring (bicyclic) bond motifs is 1. The topological polar surface area (TPSA) is 70.6 Å². The molecule has 0 aliphatic carbocycles. The van der Waals surface area contributed by atoms with E-state index in [2.05, 4.69) is 49.4 Å². The lowest BCUT2D eigenvalue weighted by molar-refractivity contribution is 0.198. The molecule has 0 radical (unpaired) electrons. The van der Waals surface area contributed by atoms with Crippen LogP contribution in [0.5, 0.6) is 0 Å². The zero-order chi connectivity index (χ0) is 16.5. The highest BCUT2D eigenvalue weighted by molar-refractivity contribution is 7.05. The third-order valence-electron chi connectivity index (χ3n) is 4.47. The van der Waals surface area contributed by atoms with Crippen LogP contribution >= 0.6 is 11.5 Å². The molecule has 7 heteroatoms. The average Bonchev–Trinajstić information content (AvgIpc) is 3.24. The van der Waals surface area contributed by atoms with E-state index in [1.165, 1.54) is 22.1 Å². The number of nitrogens with one attached hydrogen (secondary N) is 1. The predicted octanol–water partition coefficient (Wildman–Crippen LogP) is 2.93. The van der Waals surface area contributed by atoms with Gasteiger partial charge < -0.3 is 4.98 Å². The van der Waals surface area contributed by atoms with Gasteiger partial charge in [0, 0.05) is 31.4 Å². The highest BCUT2D eigenvalue weighted by atomic mass is 32.1. The van der Waals surface area contributed by atoms with E-state index in [0.29, 0.717) is 5.92 Å². The van der Waals surface area contributed by atoms with Crippen molar-refractivity contribution in [2.24, 2.45) is 0 Å². The molecule has 0 bridgehead atoms. The number of rotatable bonds is 4. The Morgan fingerprint density at radius 1 is 1.33 bits per heavy atom. The van der Waals surface area contributed by atoms with Crippen LogP contribution in [-0.4, -0.2) is 36.0 Å². The Bertz CT molecular complexity index is 809. The second-order valence-electron chi connectivity index (χ2n) is 6.38. The zero-order valence-electron chi connectivity index (χ0n) is 13.8. The quantitative estimate of drug-likeness (QED) is 0.791. The Morgan fingerprint density at radius 2 is 2.25 bits per heavy atom. The molecule has 3 aromatic rings. The molecule has 4 rings (SSSR count). The Labute approximate surface area is 145 Å². The number of hydrogen-bond donors (Lipinski definition) is 1. The van der Waals surface area contributed by atoms with E-state index >= 15 is 0 Å². The van der Waals surface area contributed by atoms with Gasteiger partial charge in [0.05, 0.1) is 34.3 Å². The first-order valence-corrected chi connectivity index (χ1v) is 8.99. The molecule has 0 saturated heterocycles. The summed E-state index contributed by atoms with van der Waals surface area (Å²) in [5.41, 5.74) is 4.44. The molecule has 4 heterocycles. The van der Waals surface area contributed by atoms with Gasteiger partial charge in [-0.15, -0.1) is 5.10 Å². The molecule has 3 aromatic heterocycles. The lowest BCUT2D eigenvalue weighted by Gasteiger charge is -2.34. The largest absolute Gasteiger partial charge is 0.348 e. The Morgan fingerprint density at radius 3 is 3.04 bits per heavy atom. The van der Waals surface area contributed by atoms with E-state index in [1.807, 2.05) is 18.3 Å². The fourth-order valence-electron chi connectivity index (χ4n) is 3.31. The molecular weight excluding hydrogens is 320 g/mol. The highest BCUT2D eigenvalue weighted by Gasteiger charge is 2.32. The maximum absolute atomic E-state index is 4.59. The van der Waals surface area contributed by atoms with Gasteiger partial charge >= 0.3 is 0 Å². The van der Waals surface area contributed by atoms with E-state index in [0.717, 1.165) is 36.6 Å².